The molecule has 4 aromatic heterocycles. The van der Waals surface area contributed by atoms with E-state index >= 15 is 0 Å². The molecule has 0 spiro atoms. The van der Waals surface area contributed by atoms with E-state index in [9.17, 15) is 9.59 Å². The lowest BCUT2D eigenvalue weighted by molar-refractivity contribution is 0.0467. The molecule has 0 bridgehead atoms. The third kappa shape index (κ3) is 2.32. The van der Waals surface area contributed by atoms with Crippen molar-refractivity contribution in [2.24, 2.45) is 7.05 Å². The first kappa shape index (κ1) is 15.3. The predicted octanol–water partition coefficient (Wildman–Crippen LogP) is 2.71. The van der Waals surface area contributed by atoms with Gasteiger partial charge in [0.05, 0.1) is 9.85 Å². The van der Waals surface area contributed by atoms with E-state index in [1.54, 1.807) is 23.6 Å². The van der Waals surface area contributed by atoms with Gasteiger partial charge in [0.2, 0.25) is 5.78 Å². The van der Waals surface area contributed by atoms with Crippen molar-refractivity contribution in [1.29, 1.82) is 0 Å². The molecule has 0 saturated heterocycles. The normalized spacial score (nSPS) is 11.4. The summed E-state index contributed by atoms with van der Waals surface area (Å²) in [4.78, 5) is 24.7. The van der Waals surface area contributed by atoms with Crippen molar-refractivity contribution in [2.45, 2.75) is 6.61 Å². The maximum atomic E-state index is 12.3. The lowest BCUT2D eigenvalue weighted by atomic mass is 10.4. The molecular formula is C14H9ClN4O3S2. The Balaban J connectivity index is 1.73. The van der Waals surface area contributed by atoms with Crippen LogP contribution in [0.25, 0.3) is 16.0 Å². The number of rotatable bonds is 3. The van der Waals surface area contributed by atoms with E-state index < -0.39 is 5.97 Å². The lowest BCUT2D eigenvalue weighted by Crippen LogP contribution is -2.19. The second-order valence-electron chi connectivity index (χ2n) is 4.93. The van der Waals surface area contributed by atoms with E-state index in [0.717, 1.165) is 11.3 Å². The highest BCUT2D eigenvalue weighted by molar-refractivity contribution is 7.18. The van der Waals surface area contributed by atoms with Crippen LogP contribution in [0.4, 0.5) is 0 Å². The Labute approximate surface area is 147 Å². The molecular weight excluding hydrogens is 372 g/mol. The number of hydrogen-bond acceptors (Lipinski definition) is 7. The summed E-state index contributed by atoms with van der Waals surface area (Å²) in [6.45, 7) is -0.0569. The first-order chi connectivity index (χ1) is 11.6. The highest BCUT2D eigenvalue weighted by Crippen LogP contribution is 2.23. The van der Waals surface area contributed by atoms with Gasteiger partial charge in [-0.05, 0) is 23.6 Å². The predicted molar refractivity (Wildman–Crippen MR) is 92.1 cm³/mol. The summed E-state index contributed by atoms with van der Waals surface area (Å²) < 4.78 is 9.56. The second kappa shape index (κ2) is 5.69. The lowest BCUT2D eigenvalue weighted by Gasteiger charge is -2.05. The number of thiophene rings is 2. The Morgan fingerprint density at radius 3 is 2.92 bits per heavy atom. The number of carbonyl (C=O) groups excluding carboxylic acids is 1. The standard InChI is InChI=1S/C14H9ClN4O3S2/c1-18-12(20)11-7(4-5-23-11)19-10(16-17-14(18)19)6-22-13(21)8-2-3-9(15)24-8/h2-5H,6H2,1H3. The minimum Gasteiger partial charge on any atom is -0.453 e. The smallest absolute Gasteiger partial charge is 0.348 e. The maximum Gasteiger partial charge on any atom is 0.348 e. The molecule has 0 aromatic carbocycles. The number of hydrogen-bond donors (Lipinski definition) is 0. The molecule has 4 rings (SSSR count). The van der Waals surface area contributed by atoms with Crippen molar-refractivity contribution in [3.63, 3.8) is 0 Å². The topological polar surface area (TPSA) is 78.5 Å². The molecule has 10 heteroatoms. The van der Waals surface area contributed by atoms with Crippen LogP contribution >= 0.6 is 34.3 Å². The number of carbonyl (C=O) groups is 1. The SMILES string of the molecule is Cn1c(=O)c2sccc2n2c(COC(=O)c3ccc(Cl)s3)nnc12. The number of aryl methyl sites for hydroxylation is 1. The van der Waals surface area contributed by atoms with Crippen LogP contribution in [-0.4, -0.2) is 25.1 Å². The van der Waals surface area contributed by atoms with Gasteiger partial charge in [-0.15, -0.1) is 32.9 Å². The van der Waals surface area contributed by atoms with Crippen LogP contribution in [0.2, 0.25) is 4.34 Å². The number of nitrogens with zero attached hydrogens (tertiary/aromatic N) is 4. The van der Waals surface area contributed by atoms with Crippen LogP contribution in [0.15, 0.2) is 28.4 Å². The zero-order valence-corrected chi connectivity index (χ0v) is 14.6. The minimum atomic E-state index is -0.477. The summed E-state index contributed by atoms with van der Waals surface area (Å²) in [6.07, 6.45) is 0. The van der Waals surface area contributed by atoms with Crippen LogP contribution in [0, 0.1) is 0 Å². The van der Waals surface area contributed by atoms with Gasteiger partial charge in [-0.1, -0.05) is 11.6 Å². The maximum absolute atomic E-state index is 12.3. The third-order valence-corrected chi connectivity index (χ3v) is 5.61. The summed E-state index contributed by atoms with van der Waals surface area (Å²) >= 11 is 8.32. The third-order valence-electron chi connectivity index (χ3n) is 3.50. The van der Waals surface area contributed by atoms with Gasteiger partial charge in [-0.2, -0.15) is 0 Å². The summed E-state index contributed by atoms with van der Waals surface area (Å²) in [6, 6.07) is 5.07. The van der Waals surface area contributed by atoms with Gasteiger partial charge in [0, 0.05) is 7.05 Å². The zero-order chi connectivity index (χ0) is 16.8. The molecule has 0 amide bonds. The molecule has 0 atom stereocenters. The van der Waals surface area contributed by atoms with Gasteiger partial charge in [-0.3, -0.25) is 13.8 Å². The molecule has 0 aliphatic carbocycles. The van der Waals surface area contributed by atoms with Gasteiger partial charge >= 0.3 is 5.97 Å². The van der Waals surface area contributed by atoms with Crippen molar-refractivity contribution < 1.29 is 9.53 Å². The van der Waals surface area contributed by atoms with Gasteiger partial charge in [0.25, 0.3) is 5.56 Å². The molecule has 4 aromatic rings. The first-order valence-electron chi connectivity index (χ1n) is 6.79. The van der Waals surface area contributed by atoms with Crippen molar-refractivity contribution >= 4 is 56.2 Å². The Bertz CT molecular complexity index is 1140. The fourth-order valence-corrected chi connectivity index (χ4v) is 4.16. The number of fused-ring (bicyclic) bond motifs is 3. The van der Waals surface area contributed by atoms with Gasteiger partial charge in [0.15, 0.2) is 12.4 Å². The number of esters is 1. The average Bonchev–Trinajstić information content (AvgIpc) is 3.28. The van der Waals surface area contributed by atoms with Gasteiger partial charge in [-0.25, -0.2) is 4.79 Å². The summed E-state index contributed by atoms with van der Waals surface area (Å²) in [5.74, 6) is 0.367. The molecule has 4 heterocycles. The molecule has 24 heavy (non-hydrogen) atoms. The highest BCUT2D eigenvalue weighted by Gasteiger charge is 2.17. The largest absolute Gasteiger partial charge is 0.453 e. The molecule has 0 aliphatic heterocycles. The average molecular weight is 381 g/mol. The van der Waals surface area contributed by atoms with Crippen LogP contribution in [0.5, 0.6) is 0 Å². The van der Waals surface area contributed by atoms with Crippen LogP contribution in [0.1, 0.15) is 15.5 Å². The monoisotopic (exact) mass is 380 g/mol. The molecule has 0 fully saturated rings. The Morgan fingerprint density at radius 2 is 2.17 bits per heavy atom. The van der Waals surface area contributed by atoms with Crippen LogP contribution in [-0.2, 0) is 18.4 Å². The zero-order valence-electron chi connectivity index (χ0n) is 12.2. The van der Waals surface area contributed by atoms with Crippen LogP contribution < -0.4 is 5.56 Å². The van der Waals surface area contributed by atoms with Crippen molar-refractivity contribution in [3.05, 3.63) is 49.0 Å². The Hall–Kier alpha value is -2.23. The van der Waals surface area contributed by atoms with E-state index in [1.807, 2.05) is 11.4 Å². The van der Waals surface area contributed by atoms with E-state index in [4.69, 9.17) is 16.3 Å². The molecule has 0 radical (unpaired) electrons. The summed E-state index contributed by atoms with van der Waals surface area (Å²) in [5.41, 5.74) is 0.574. The number of ether oxygens (including phenoxy) is 1. The molecule has 7 nitrogen and oxygen atoms in total. The van der Waals surface area contributed by atoms with E-state index in [-0.39, 0.29) is 12.2 Å². The Kier molecular flexibility index (Phi) is 3.63. The quantitative estimate of drug-likeness (QED) is 0.510. The fraction of sp³-hybridized carbons (Fsp3) is 0.143. The molecule has 0 unspecified atom stereocenters. The molecule has 0 N–H and O–H groups in total. The van der Waals surface area contributed by atoms with E-state index in [2.05, 4.69) is 10.2 Å². The molecule has 0 aliphatic rings. The van der Waals surface area contributed by atoms with Gasteiger partial charge < -0.3 is 4.74 Å². The number of aromatic nitrogens is 4. The number of halogens is 1. The minimum absolute atomic E-state index is 0.0569. The van der Waals surface area contributed by atoms with Crippen LogP contribution in [0.3, 0.4) is 0 Å². The van der Waals surface area contributed by atoms with Crippen molar-refractivity contribution in [1.82, 2.24) is 19.2 Å². The second-order valence-corrected chi connectivity index (χ2v) is 7.56. The van der Waals surface area contributed by atoms with Gasteiger partial charge in [0.1, 0.15) is 9.58 Å². The Morgan fingerprint density at radius 1 is 1.33 bits per heavy atom. The first-order valence-corrected chi connectivity index (χ1v) is 8.86. The fourth-order valence-electron chi connectivity index (χ4n) is 2.37. The molecule has 0 saturated carbocycles. The molecule has 122 valence electrons. The van der Waals surface area contributed by atoms with Crippen molar-refractivity contribution in [3.8, 4) is 0 Å². The summed E-state index contributed by atoms with van der Waals surface area (Å²) in [7, 11) is 1.63. The van der Waals surface area contributed by atoms with E-state index in [1.165, 1.54) is 15.9 Å². The van der Waals surface area contributed by atoms with Crippen molar-refractivity contribution in [2.75, 3.05) is 0 Å². The highest BCUT2D eigenvalue weighted by atomic mass is 35.5. The van der Waals surface area contributed by atoms with E-state index in [0.29, 0.717) is 31.0 Å². The summed E-state index contributed by atoms with van der Waals surface area (Å²) in [5, 5.41) is 9.92.